The average Bonchev–Trinajstić information content (AvgIpc) is 2.37. The van der Waals surface area contributed by atoms with Crippen molar-refractivity contribution < 1.29 is 14.3 Å². The maximum absolute atomic E-state index is 11.7. The van der Waals surface area contributed by atoms with Gasteiger partial charge < -0.3 is 15.4 Å². The van der Waals surface area contributed by atoms with Crippen molar-refractivity contribution in [3.8, 4) is 0 Å². The highest BCUT2D eigenvalue weighted by Crippen LogP contribution is 2.11. The average molecular weight is 264 g/mol. The van der Waals surface area contributed by atoms with Crippen LogP contribution in [0.5, 0.6) is 0 Å². The topological polar surface area (TPSA) is 67.4 Å². The number of methoxy groups -OCH3 is 1. The second kappa shape index (κ2) is 6.78. The van der Waals surface area contributed by atoms with E-state index in [1.165, 1.54) is 7.11 Å². The van der Waals surface area contributed by atoms with Gasteiger partial charge in [0.15, 0.2) is 0 Å². The maximum Gasteiger partial charge on any atom is 0.327 e. The number of nitrogens with one attached hydrogen (secondary N) is 2. The molecule has 1 amide bonds. The van der Waals surface area contributed by atoms with Gasteiger partial charge >= 0.3 is 5.97 Å². The quantitative estimate of drug-likeness (QED) is 0.796. The zero-order valence-corrected chi connectivity index (χ0v) is 11.7. The molecule has 0 fully saturated rings. The summed E-state index contributed by atoms with van der Waals surface area (Å²) >= 11 is 0. The van der Waals surface area contributed by atoms with Crippen molar-refractivity contribution in [2.24, 2.45) is 0 Å². The third-order valence-electron chi connectivity index (χ3n) is 2.50. The van der Waals surface area contributed by atoms with Gasteiger partial charge in [0.05, 0.1) is 7.11 Å². The van der Waals surface area contributed by atoms with E-state index < -0.39 is 6.04 Å². The number of rotatable bonds is 5. The largest absolute Gasteiger partial charge is 0.467 e. The lowest BCUT2D eigenvalue weighted by atomic mass is 10.1. The van der Waals surface area contributed by atoms with Gasteiger partial charge in [-0.1, -0.05) is 0 Å². The first-order chi connectivity index (χ1) is 8.93. The number of amides is 1. The Kier molecular flexibility index (Phi) is 5.36. The molecule has 1 unspecified atom stereocenters. The normalized spacial score (nSPS) is 11.8. The van der Waals surface area contributed by atoms with Crippen LogP contribution in [0.15, 0.2) is 24.3 Å². The van der Waals surface area contributed by atoms with Crippen LogP contribution in [0.4, 0.5) is 5.69 Å². The predicted octanol–water partition coefficient (Wildman–Crippen LogP) is 1.80. The zero-order chi connectivity index (χ0) is 14.4. The van der Waals surface area contributed by atoms with E-state index in [9.17, 15) is 9.59 Å². The molecule has 2 N–H and O–H groups in total. The number of esters is 1. The summed E-state index contributed by atoms with van der Waals surface area (Å²) in [5, 5.41) is 5.81. The number of ether oxygens (including phenoxy) is 1. The number of carbonyl (C=O) groups excluding carboxylic acids is 2. The van der Waals surface area contributed by atoms with Crippen LogP contribution < -0.4 is 10.6 Å². The van der Waals surface area contributed by atoms with Gasteiger partial charge in [0, 0.05) is 17.3 Å². The van der Waals surface area contributed by atoms with E-state index in [4.69, 9.17) is 0 Å². The summed E-state index contributed by atoms with van der Waals surface area (Å²) in [5.74, 6) is -0.441. The predicted molar refractivity (Wildman–Crippen MR) is 74.1 cm³/mol. The zero-order valence-electron chi connectivity index (χ0n) is 11.7. The van der Waals surface area contributed by atoms with Crippen LogP contribution in [0.2, 0.25) is 0 Å². The Morgan fingerprint density at radius 3 is 2.16 bits per heavy atom. The first-order valence-corrected chi connectivity index (χ1v) is 6.19. The van der Waals surface area contributed by atoms with Gasteiger partial charge in [-0.25, -0.2) is 4.79 Å². The first-order valence-electron chi connectivity index (χ1n) is 6.19. The molecule has 104 valence electrons. The number of hydrogen-bond donors (Lipinski definition) is 2. The minimum Gasteiger partial charge on any atom is -0.467 e. The highest BCUT2D eigenvalue weighted by molar-refractivity contribution is 5.94. The monoisotopic (exact) mass is 264 g/mol. The van der Waals surface area contributed by atoms with E-state index >= 15 is 0 Å². The molecule has 0 saturated heterocycles. The Hall–Kier alpha value is -2.04. The van der Waals surface area contributed by atoms with Gasteiger partial charge in [-0.15, -0.1) is 0 Å². The summed E-state index contributed by atoms with van der Waals surface area (Å²) in [6, 6.07) is 6.61. The lowest BCUT2D eigenvalue weighted by molar-refractivity contribution is -0.141. The standard InChI is InChI=1S/C14H20N2O3/c1-9(2)15-13(17)11-5-7-12(8-6-11)16-10(3)14(18)19-4/h5-10,16H,1-4H3,(H,15,17). The van der Waals surface area contributed by atoms with E-state index in [2.05, 4.69) is 15.4 Å². The Morgan fingerprint density at radius 1 is 1.11 bits per heavy atom. The molecule has 0 aliphatic carbocycles. The molecule has 1 aromatic rings. The van der Waals surface area contributed by atoms with Crippen molar-refractivity contribution in [1.29, 1.82) is 0 Å². The van der Waals surface area contributed by atoms with E-state index in [0.29, 0.717) is 5.56 Å². The van der Waals surface area contributed by atoms with Crippen molar-refractivity contribution in [2.45, 2.75) is 32.9 Å². The fraction of sp³-hybridized carbons (Fsp3) is 0.429. The summed E-state index contributed by atoms with van der Waals surface area (Å²) in [6.45, 7) is 5.53. The number of hydrogen-bond acceptors (Lipinski definition) is 4. The molecular weight excluding hydrogens is 244 g/mol. The second-order valence-corrected chi connectivity index (χ2v) is 4.59. The van der Waals surface area contributed by atoms with E-state index in [0.717, 1.165) is 5.69 Å². The van der Waals surface area contributed by atoms with Crippen LogP contribution >= 0.6 is 0 Å². The molecule has 5 nitrogen and oxygen atoms in total. The van der Waals surface area contributed by atoms with Crippen LogP contribution in [0, 0.1) is 0 Å². The van der Waals surface area contributed by atoms with Crippen molar-refractivity contribution in [3.05, 3.63) is 29.8 Å². The number of anilines is 1. The van der Waals surface area contributed by atoms with Crippen molar-refractivity contribution >= 4 is 17.6 Å². The molecular formula is C14H20N2O3. The Balaban J connectivity index is 2.66. The lowest BCUT2D eigenvalue weighted by Gasteiger charge is -2.13. The van der Waals surface area contributed by atoms with Crippen LogP contribution in [-0.4, -0.2) is 31.1 Å². The van der Waals surface area contributed by atoms with Gasteiger partial charge in [0.25, 0.3) is 5.91 Å². The summed E-state index contributed by atoms with van der Waals surface area (Å²) in [5.41, 5.74) is 1.35. The molecule has 0 bridgehead atoms. The molecule has 5 heteroatoms. The number of benzene rings is 1. The third-order valence-corrected chi connectivity index (χ3v) is 2.50. The molecule has 0 aliphatic rings. The van der Waals surface area contributed by atoms with Crippen LogP contribution in [-0.2, 0) is 9.53 Å². The Bertz CT molecular complexity index is 441. The maximum atomic E-state index is 11.7. The fourth-order valence-corrected chi connectivity index (χ4v) is 1.55. The summed E-state index contributed by atoms with van der Waals surface area (Å²) in [6.07, 6.45) is 0. The molecule has 0 aromatic heterocycles. The van der Waals surface area contributed by atoms with Gasteiger partial charge in [-0.2, -0.15) is 0 Å². The molecule has 0 aliphatic heterocycles. The van der Waals surface area contributed by atoms with Gasteiger partial charge in [0.2, 0.25) is 0 Å². The first kappa shape index (κ1) is 15.0. The Labute approximate surface area is 113 Å². The molecule has 0 spiro atoms. The van der Waals surface area contributed by atoms with E-state index in [1.54, 1.807) is 31.2 Å². The minimum atomic E-state index is -0.430. The summed E-state index contributed by atoms with van der Waals surface area (Å²) in [4.78, 5) is 23.0. The van der Waals surface area contributed by atoms with Gasteiger partial charge in [-0.3, -0.25) is 4.79 Å². The van der Waals surface area contributed by atoms with E-state index in [-0.39, 0.29) is 17.9 Å². The van der Waals surface area contributed by atoms with Gasteiger partial charge in [-0.05, 0) is 45.0 Å². The van der Waals surface area contributed by atoms with Crippen LogP contribution in [0.1, 0.15) is 31.1 Å². The van der Waals surface area contributed by atoms with Crippen LogP contribution in [0.3, 0.4) is 0 Å². The molecule has 1 atom stereocenters. The lowest BCUT2D eigenvalue weighted by Crippen LogP contribution is -2.30. The molecule has 0 radical (unpaired) electrons. The highest BCUT2D eigenvalue weighted by Gasteiger charge is 2.12. The molecule has 1 aromatic carbocycles. The summed E-state index contributed by atoms with van der Waals surface area (Å²) in [7, 11) is 1.35. The summed E-state index contributed by atoms with van der Waals surface area (Å²) < 4.78 is 4.62. The third kappa shape index (κ3) is 4.62. The molecule has 1 rings (SSSR count). The van der Waals surface area contributed by atoms with Crippen molar-refractivity contribution in [1.82, 2.24) is 5.32 Å². The second-order valence-electron chi connectivity index (χ2n) is 4.59. The van der Waals surface area contributed by atoms with Gasteiger partial charge in [0.1, 0.15) is 6.04 Å². The SMILES string of the molecule is COC(=O)C(C)Nc1ccc(C(=O)NC(C)C)cc1. The van der Waals surface area contributed by atoms with Crippen LogP contribution in [0.25, 0.3) is 0 Å². The Morgan fingerprint density at radius 2 is 1.68 bits per heavy atom. The fourth-order valence-electron chi connectivity index (χ4n) is 1.55. The smallest absolute Gasteiger partial charge is 0.327 e. The molecule has 19 heavy (non-hydrogen) atoms. The minimum absolute atomic E-state index is 0.102. The van der Waals surface area contributed by atoms with E-state index in [1.807, 2.05) is 13.8 Å². The highest BCUT2D eigenvalue weighted by atomic mass is 16.5. The van der Waals surface area contributed by atoms with Crippen molar-refractivity contribution in [2.75, 3.05) is 12.4 Å². The molecule has 0 saturated carbocycles. The number of carbonyl (C=O) groups is 2. The van der Waals surface area contributed by atoms with Crippen molar-refractivity contribution in [3.63, 3.8) is 0 Å². The molecule has 0 heterocycles.